The van der Waals surface area contributed by atoms with Gasteiger partial charge in [0, 0.05) is 31.4 Å². The number of benzene rings is 2. The van der Waals surface area contributed by atoms with Gasteiger partial charge in [-0.2, -0.15) is 0 Å². The summed E-state index contributed by atoms with van der Waals surface area (Å²) in [5, 5.41) is 12.8. The van der Waals surface area contributed by atoms with Gasteiger partial charge in [0.25, 0.3) is 0 Å². The second-order valence-corrected chi connectivity index (χ2v) is 6.35. The van der Waals surface area contributed by atoms with E-state index in [-0.39, 0.29) is 12.6 Å². The van der Waals surface area contributed by atoms with E-state index in [1.54, 1.807) is 0 Å². The van der Waals surface area contributed by atoms with Crippen molar-refractivity contribution in [1.82, 2.24) is 4.90 Å². The molecule has 128 valence electrons. The molecule has 0 aromatic heterocycles. The lowest BCUT2D eigenvalue weighted by Gasteiger charge is -2.26. The number of nitrogens with zero attached hydrogens (tertiary/aromatic N) is 1. The standard InChI is InChI=1S/C20H26N2O2/c1-16(19-4-2-3-18(13-19)15-23)21-20-7-5-17(6-8-20)14-22-9-11-24-12-10-22/h2-8,13,16,21,23H,9-12,14-15H2,1H3. The molecule has 1 unspecified atom stereocenters. The van der Waals surface area contributed by atoms with E-state index < -0.39 is 0 Å². The Labute approximate surface area is 144 Å². The fraction of sp³-hybridized carbons (Fsp3) is 0.400. The van der Waals surface area contributed by atoms with Gasteiger partial charge in [-0.1, -0.05) is 36.4 Å². The van der Waals surface area contributed by atoms with Crippen molar-refractivity contribution in [2.24, 2.45) is 0 Å². The van der Waals surface area contributed by atoms with Crippen LogP contribution in [0.25, 0.3) is 0 Å². The number of anilines is 1. The minimum absolute atomic E-state index is 0.0802. The Kier molecular flexibility index (Phi) is 5.86. The van der Waals surface area contributed by atoms with Crippen LogP contribution in [0.15, 0.2) is 48.5 Å². The quantitative estimate of drug-likeness (QED) is 0.856. The first-order valence-electron chi connectivity index (χ1n) is 8.60. The average Bonchev–Trinajstić information content (AvgIpc) is 2.64. The van der Waals surface area contributed by atoms with E-state index in [1.807, 2.05) is 18.2 Å². The monoisotopic (exact) mass is 326 g/mol. The maximum Gasteiger partial charge on any atom is 0.0681 e. The van der Waals surface area contributed by atoms with Gasteiger partial charge in [0.05, 0.1) is 19.8 Å². The molecule has 0 amide bonds. The van der Waals surface area contributed by atoms with Crippen LogP contribution in [0.5, 0.6) is 0 Å². The summed E-state index contributed by atoms with van der Waals surface area (Å²) in [5.41, 5.74) is 4.57. The zero-order valence-electron chi connectivity index (χ0n) is 14.2. The highest BCUT2D eigenvalue weighted by Crippen LogP contribution is 2.21. The van der Waals surface area contributed by atoms with Crippen LogP contribution >= 0.6 is 0 Å². The Hall–Kier alpha value is -1.88. The number of morpholine rings is 1. The molecular formula is C20H26N2O2. The first-order chi connectivity index (χ1) is 11.7. The van der Waals surface area contributed by atoms with Crippen LogP contribution in [-0.2, 0) is 17.9 Å². The minimum atomic E-state index is 0.0802. The van der Waals surface area contributed by atoms with Gasteiger partial charge in [0.2, 0.25) is 0 Å². The zero-order chi connectivity index (χ0) is 16.8. The fourth-order valence-corrected chi connectivity index (χ4v) is 3.02. The molecule has 0 radical (unpaired) electrons. The Bertz CT molecular complexity index is 636. The topological polar surface area (TPSA) is 44.7 Å². The van der Waals surface area contributed by atoms with Gasteiger partial charge in [-0.25, -0.2) is 0 Å². The number of rotatable bonds is 6. The molecule has 1 atom stereocenters. The van der Waals surface area contributed by atoms with E-state index in [1.165, 1.54) is 11.1 Å². The van der Waals surface area contributed by atoms with Gasteiger partial charge in [-0.3, -0.25) is 4.90 Å². The van der Waals surface area contributed by atoms with Crippen molar-refractivity contribution in [3.63, 3.8) is 0 Å². The van der Waals surface area contributed by atoms with Crippen molar-refractivity contribution in [2.75, 3.05) is 31.6 Å². The summed E-state index contributed by atoms with van der Waals surface area (Å²) >= 11 is 0. The van der Waals surface area contributed by atoms with Crippen LogP contribution in [0.1, 0.15) is 29.7 Å². The highest BCUT2D eigenvalue weighted by molar-refractivity contribution is 5.47. The smallest absolute Gasteiger partial charge is 0.0681 e. The lowest BCUT2D eigenvalue weighted by atomic mass is 10.0. The van der Waals surface area contributed by atoms with Crippen molar-refractivity contribution in [2.45, 2.75) is 26.1 Å². The van der Waals surface area contributed by atoms with Gasteiger partial charge in [0.1, 0.15) is 0 Å². The van der Waals surface area contributed by atoms with Crippen LogP contribution < -0.4 is 5.32 Å². The summed E-state index contributed by atoms with van der Waals surface area (Å²) in [6, 6.07) is 16.9. The predicted molar refractivity (Wildman–Crippen MR) is 96.9 cm³/mol. The SMILES string of the molecule is CC(Nc1ccc(CN2CCOCC2)cc1)c1cccc(CO)c1. The molecule has 1 aliphatic rings. The molecule has 1 aliphatic heterocycles. The van der Waals surface area contributed by atoms with Crippen molar-refractivity contribution in [1.29, 1.82) is 0 Å². The van der Waals surface area contributed by atoms with E-state index in [4.69, 9.17) is 4.74 Å². The maximum atomic E-state index is 9.27. The lowest BCUT2D eigenvalue weighted by molar-refractivity contribution is 0.0342. The number of nitrogens with one attached hydrogen (secondary N) is 1. The molecule has 3 rings (SSSR count). The third-order valence-electron chi connectivity index (χ3n) is 4.48. The van der Waals surface area contributed by atoms with Gasteiger partial charge in [-0.05, 0) is 35.7 Å². The number of aliphatic hydroxyl groups is 1. The fourth-order valence-electron chi connectivity index (χ4n) is 3.02. The molecule has 2 aromatic carbocycles. The van der Waals surface area contributed by atoms with Gasteiger partial charge in [-0.15, -0.1) is 0 Å². The third kappa shape index (κ3) is 4.57. The molecule has 1 fully saturated rings. The van der Waals surface area contributed by atoms with E-state index in [0.29, 0.717) is 0 Å². The largest absolute Gasteiger partial charge is 0.392 e. The van der Waals surface area contributed by atoms with Crippen LogP contribution in [0.2, 0.25) is 0 Å². The second-order valence-electron chi connectivity index (χ2n) is 6.35. The van der Waals surface area contributed by atoms with Crippen LogP contribution in [0.3, 0.4) is 0 Å². The van der Waals surface area contributed by atoms with Crippen LogP contribution in [0, 0.1) is 0 Å². The Morgan fingerprint density at radius 2 is 1.83 bits per heavy atom. The van der Waals surface area contributed by atoms with Crippen molar-refractivity contribution >= 4 is 5.69 Å². The maximum absolute atomic E-state index is 9.27. The van der Waals surface area contributed by atoms with Crippen LogP contribution in [0.4, 0.5) is 5.69 Å². The van der Waals surface area contributed by atoms with Crippen molar-refractivity contribution in [3.8, 4) is 0 Å². The molecule has 0 bridgehead atoms. The van der Waals surface area contributed by atoms with Gasteiger partial charge >= 0.3 is 0 Å². The van der Waals surface area contributed by atoms with E-state index in [2.05, 4.69) is 47.5 Å². The summed E-state index contributed by atoms with van der Waals surface area (Å²) in [7, 11) is 0. The zero-order valence-corrected chi connectivity index (χ0v) is 14.2. The summed E-state index contributed by atoms with van der Waals surface area (Å²) in [5.74, 6) is 0. The number of aliphatic hydroxyl groups excluding tert-OH is 1. The Morgan fingerprint density at radius 3 is 2.54 bits per heavy atom. The Morgan fingerprint density at radius 1 is 1.08 bits per heavy atom. The molecule has 2 N–H and O–H groups in total. The summed E-state index contributed by atoms with van der Waals surface area (Å²) < 4.78 is 5.39. The van der Waals surface area contributed by atoms with Crippen molar-refractivity contribution < 1.29 is 9.84 Å². The molecule has 4 heteroatoms. The van der Waals surface area contributed by atoms with Gasteiger partial charge in [0.15, 0.2) is 0 Å². The van der Waals surface area contributed by atoms with E-state index in [0.717, 1.165) is 44.1 Å². The predicted octanol–water partition coefficient (Wildman–Crippen LogP) is 3.18. The lowest BCUT2D eigenvalue weighted by Crippen LogP contribution is -2.35. The molecule has 0 spiro atoms. The first kappa shape index (κ1) is 17.0. The first-order valence-corrected chi connectivity index (χ1v) is 8.60. The molecule has 1 saturated heterocycles. The highest BCUT2D eigenvalue weighted by atomic mass is 16.5. The van der Waals surface area contributed by atoms with E-state index >= 15 is 0 Å². The summed E-state index contributed by atoms with van der Waals surface area (Å²) in [4.78, 5) is 2.43. The second kappa shape index (κ2) is 8.29. The summed E-state index contributed by atoms with van der Waals surface area (Å²) in [6.07, 6.45) is 0. The number of hydrogen-bond acceptors (Lipinski definition) is 4. The molecule has 24 heavy (non-hydrogen) atoms. The Balaban J connectivity index is 1.58. The number of hydrogen-bond donors (Lipinski definition) is 2. The molecule has 4 nitrogen and oxygen atoms in total. The average molecular weight is 326 g/mol. The molecule has 1 heterocycles. The molecule has 0 aliphatic carbocycles. The van der Waals surface area contributed by atoms with Gasteiger partial charge < -0.3 is 15.2 Å². The number of ether oxygens (including phenoxy) is 1. The molecule has 0 saturated carbocycles. The third-order valence-corrected chi connectivity index (χ3v) is 4.48. The van der Waals surface area contributed by atoms with Crippen molar-refractivity contribution in [3.05, 3.63) is 65.2 Å². The van der Waals surface area contributed by atoms with Crippen LogP contribution in [-0.4, -0.2) is 36.3 Å². The normalized spacial score (nSPS) is 16.8. The molecule has 2 aromatic rings. The minimum Gasteiger partial charge on any atom is -0.392 e. The van der Waals surface area contributed by atoms with E-state index in [9.17, 15) is 5.11 Å². The summed E-state index contributed by atoms with van der Waals surface area (Å²) in [6.45, 7) is 6.90. The highest BCUT2D eigenvalue weighted by Gasteiger charge is 2.11. The molecular weight excluding hydrogens is 300 g/mol.